The summed E-state index contributed by atoms with van der Waals surface area (Å²) in [5.41, 5.74) is 6.53. The van der Waals surface area contributed by atoms with E-state index in [2.05, 4.69) is 55.5 Å². The van der Waals surface area contributed by atoms with Gasteiger partial charge in [0.05, 0.1) is 5.56 Å². The minimum atomic E-state index is -0.607. The number of ether oxygens (including phenoxy) is 1. The molecule has 0 amide bonds. The number of Topliss-reactive ketones (excluding diaryl/α,β-unsaturated/α-hetero) is 1. The third kappa shape index (κ3) is 8.69. The second kappa shape index (κ2) is 16.7. The Labute approximate surface area is 294 Å². The van der Waals surface area contributed by atoms with Gasteiger partial charge < -0.3 is 9.84 Å². The van der Waals surface area contributed by atoms with Crippen LogP contribution in [0.2, 0.25) is 0 Å². The molecular weight excluding hydrogens is 619 g/mol. The fourth-order valence-corrected chi connectivity index (χ4v) is 5.97. The van der Waals surface area contributed by atoms with E-state index in [-0.39, 0.29) is 11.5 Å². The Bertz CT molecular complexity index is 1890. The molecule has 6 rings (SSSR count). The molecular formula is C44H43N3O3. The summed E-state index contributed by atoms with van der Waals surface area (Å²) in [6.07, 6.45) is 6.63. The van der Waals surface area contributed by atoms with Crippen molar-refractivity contribution in [3.05, 3.63) is 127 Å². The van der Waals surface area contributed by atoms with Crippen LogP contribution in [0.25, 0.3) is 56.4 Å². The first-order chi connectivity index (χ1) is 24.5. The predicted octanol–water partition coefficient (Wildman–Crippen LogP) is 11.0. The van der Waals surface area contributed by atoms with Crippen molar-refractivity contribution in [3.8, 4) is 67.9 Å². The number of unbranched alkanes of at least 4 members (excludes halogenated alkanes) is 5. The minimum Gasteiger partial charge on any atom is -0.507 e. The summed E-state index contributed by atoms with van der Waals surface area (Å²) < 4.78 is 5.96. The van der Waals surface area contributed by atoms with Gasteiger partial charge in [-0.3, -0.25) is 4.79 Å². The molecule has 0 bridgehead atoms. The van der Waals surface area contributed by atoms with Crippen molar-refractivity contribution in [2.45, 2.75) is 64.9 Å². The van der Waals surface area contributed by atoms with Gasteiger partial charge in [-0.2, -0.15) is 0 Å². The zero-order chi connectivity index (χ0) is 34.7. The Balaban J connectivity index is 1.27. The van der Waals surface area contributed by atoms with Crippen molar-refractivity contribution in [2.24, 2.45) is 0 Å². The number of hydrogen-bond donors (Lipinski definition) is 1. The number of rotatable bonds is 15. The van der Waals surface area contributed by atoms with Gasteiger partial charge in [0.25, 0.3) is 0 Å². The van der Waals surface area contributed by atoms with Gasteiger partial charge in [0.1, 0.15) is 11.5 Å². The summed E-state index contributed by atoms with van der Waals surface area (Å²) in [7, 11) is 0. The third-order valence-corrected chi connectivity index (χ3v) is 8.89. The van der Waals surface area contributed by atoms with Gasteiger partial charge >= 0.3 is 0 Å². The van der Waals surface area contributed by atoms with Crippen LogP contribution >= 0.6 is 0 Å². The van der Waals surface area contributed by atoms with Gasteiger partial charge in [0, 0.05) is 23.6 Å². The van der Waals surface area contributed by atoms with Crippen molar-refractivity contribution in [1.29, 1.82) is 0 Å². The van der Waals surface area contributed by atoms with E-state index in [4.69, 9.17) is 19.7 Å². The quantitative estimate of drug-likeness (QED) is 0.110. The number of aromatic hydroxyl groups is 1. The molecule has 0 aliphatic heterocycles. The fraction of sp³-hybridized carbons (Fsp3) is 0.227. The van der Waals surface area contributed by atoms with Crippen molar-refractivity contribution in [1.82, 2.24) is 15.0 Å². The molecule has 0 saturated heterocycles. The van der Waals surface area contributed by atoms with E-state index in [0.29, 0.717) is 35.2 Å². The van der Waals surface area contributed by atoms with Gasteiger partial charge in [-0.25, -0.2) is 15.0 Å². The van der Waals surface area contributed by atoms with Crippen molar-refractivity contribution < 1.29 is 14.6 Å². The normalized spacial score (nSPS) is 11.6. The zero-order valence-electron chi connectivity index (χ0n) is 28.8. The lowest BCUT2D eigenvalue weighted by molar-refractivity contribution is -0.125. The van der Waals surface area contributed by atoms with Crippen molar-refractivity contribution in [2.75, 3.05) is 0 Å². The molecule has 1 aromatic heterocycles. The molecule has 5 aromatic carbocycles. The Kier molecular flexibility index (Phi) is 11.4. The van der Waals surface area contributed by atoms with Crippen LogP contribution < -0.4 is 4.74 Å². The maximum absolute atomic E-state index is 12.7. The van der Waals surface area contributed by atoms with Crippen LogP contribution in [0.5, 0.6) is 11.5 Å². The van der Waals surface area contributed by atoms with Crippen LogP contribution in [-0.2, 0) is 4.79 Å². The number of hydrogen-bond acceptors (Lipinski definition) is 6. The van der Waals surface area contributed by atoms with Crippen molar-refractivity contribution >= 4 is 5.78 Å². The molecule has 0 saturated carbocycles. The molecule has 6 heteroatoms. The Hall–Kier alpha value is -5.62. The average molecular weight is 662 g/mol. The number of nitrogens with zero attached hydrogens (tertiary/aromatic N) is 3. The molecule has 0 aliphatic carbocycles. The van der Waals surface area contributed by atoms with Crippen LogP contribution in [0.1, 0.15) is 58.8 Å². The lowest BCUT2D eigenvalue weighted by Gasteiger charge is -2.15. The number of phenolic OH excluding ortho intramolecular Hbond substituents is 1. The predicted molar refractivity (Wildman–Crippen MR) is 202 cm³/mol. The monoisotopic (exact) mass is 661 g/mol. The molecule has 1 atom stereocenters. The fourth-order valence-electron chi connectivity index (χ4n) is 5.97. The molecule has 0 spiro atoms. The summed E-state index contributed by atoms with van der Waals surface area (Å²) in [6.45, 7) is 3.96. The van der Waals surface area contributed by atoms with Gasteiger partial charge in [-0.1, -0.05) is 148 Å². The van der Waals surface area contributed by atoms with Crippen LogP contribution in [0.3, 0.4) is 0 Å². The van der Waals surface area contributed by atoms with Crippen LogP contribution in [-0.4, -0.2) is 31.9 Å². The van der Waals surface area contributed by atoms with Gasteiger partial charge in [-0.05, 0) is 47.7 Å². The average Bonchev–Trinajstić information content (AvgIpc) is 3.17. The highest BCUT2D eigenvalue weighted by molar-refractivity contribution is 5.83. The molecule has 0 fully saturated rings. The van der Waals surface area contributed by atoms with Gasteiger partial charge in [0.15, 0.2) is 29.4 Å². The molecule has 50 heavy (non-hydrogen) atoms. The lowest BCUT2D eigenvalue weighted by Crippen LogP contribution is -2.23. The molecule has 6 aromatic rings. The van der Waals surface area contributed by atoms with Gasteiger partial charge in [-0.15, -0.1) is 0 Å². The van der Waals surface area contributed by atoms with E-state index in [9.17, 15) is 9.90 Å². The minimum absolute atomic E-state index is 0.0416. The Morgan fingerprint density at radius 2 is 1.04 bits per heavy atom. The van der Waals surface area contributed by atoms with E-state index in [0.717, 1.165) is 52.6 Å². The second-order valence-electron chi connectivity index (χ2n) is 12.6. The van der Waals surface area contributed by atoms with E-state index < -0.39 is 6.10 Å². The van der Waals surface area contributed by atoms with E-state index in [1.807, 2.05) is 60.7 Å². The summed E-state index contributed by atoms with van der Waals surface area (Å²) >= 11 is 0. The third-order valence-electron chi connectivity index (χ3n) is 8.89. The van der Waals surface area contributed by atoms with Crippen molar-refractivity contribution in [3.63, 3.8) is 0 Å². The topological polar surface area (TPSA) is 85.2 Å². The summed E-state index contributed by atoms with van der Waals surface area (Å²) in [4.78, 5) is 27.3. The first kappa shape index (κ1) is 34.3. The number of carbonyl (C=O) groups excluding carboxylic acids is 1. The highest BCUT2D eigenvalue weighted by Crippen LogP contribution is 2.34. The number of ketones is 1. The second-order valence-corrected chi connectivity index (χ2v) is 12.6. The first-order valence-corrected chi connectivity index (χ1v) is 17.6. The summed E-state index contributed by atoms with van der Waals surface area (Å²) in [5, 5.41) is 11.2. The van der Waals surface area contributed by atoms with E-state index in [1.165, 1.54) is 25.3 Å². The SMILES string of the molecule is CCCCCCCCC(=O)C(C)Oc1ccc(-c2nc(-c3ccc(-c4ccccc4)cc3)nc(-c3ccc(-c4ccccc4)cc3)n2)c(O)c1. The highest BCUT2D eigenvalue weighted by Gasteiger charge is 2.18. The standard InChI is InChI=1S/C44H43N3O3/c1-3-4-5-6-7-14-19-40(48)31(2)50-38-28-29-39(41(49)30-38)44-46-42(36-24-20-34(21-25-36)32-15-10-8-11-16-32)45-43(47-44)37-26-22-35(23-27-37)33-17-12-9-13-18-33/h8-13,15-18,20-31,49H,3-7,14,19H2,1-2H3. The summed E-state index contributed by atoms with van der Waals surface area (Å²) in [6, 6.07) is 41.7. The molecule has 0 radical (unpaired) electrons. The number of benzene rings is 5. The molecule has 252 valence electrons. The maximum atomic E-state index is 12.7. The lowest BCUT2D eigenvalue weighted by atomic mass is 10.0. The highest BCUT2D eigenvalue weighted by atomic mass is 16.5. The maximum Gasteiger partial charge on any atom is 0.172 e. The molecule has 1 unspecified atom stereocenters. The Morgan fingerprint density at radius 1 is 0.580 bits per heavy atom. The number of aromatic nitrogens is 3. The smallest absolute Gasteiger partial charge is 0.172 e. The van der Waals surface area contributed by atoms with Crippen LogP contribution in [0.4, 0.5) is 0 Å². The zero-order valence-corrected chi connectivity index (χ0v) is 28.8. The molecule has 6 nitrogen and oxygen atoms in total. The molecule has 0 aliphatic rings. The first-order valence-electron chi connectivity index (χ1n) is 17.6. The van der Waals surface area contributed by atoms with Crippen LogP contribution in [0, 0.1) is 0 Å². The van der Waals surface area contributed by atoms with E-state index >= 15 is 0 Å². The molecule has 1 heterocycles. The van der Waals surface area contributed by atoms with E-state index in [1.54, 1.807) is 19.1 Å². The molecule has 1 N–H and O–H groups in total. The largest absolute Gasteiger partial charge is 0.507 e. The van der Waals surface area contributed by atoms with Gasteiger partial charge in [0.2, 0.25) is 0 Å². The summed E-state index contributed by atoms with van der Waals surface area (Å²) in [5.74, 6) is 1.75. The number of carbonyl (C=O) groups is 1. The van der Waals surface area contributed by atoms with Crippen LogP contribution in [0.15, 0.2) is 127 Å². The number of phenols is 1. The Morgan fingerprint density at radius 3 is 1.56 bits per heavy atom.